The Balaban J connectivity index is 2.09. The van der Waals surface area contributed by atoms with Crippen LogP contribution >= 0.6 is 23.2 Å². The fraction of sp³-hybridized carbons (Fsp3) is 0.375. The number of rotatable bonds is 11. The summed E-state index contributed by atoms with van der Waals surface area (Å²) in [6.07, 6.45) is 1.26. The molecule has 2 amide bonds. The Kier molecular flexibility index (Phi) is 11.1. The molecule has 0 heterocycles. The van der Waals surface area contributed by atoms with Crippen LogP contribution in [0, 0.1) is 0 Å². The molecular formula is C32H39Cl2N3O4S. The second-order valence-electron chi connectivity index (χ2n) is 11.7. The van der Waals surface area contributed by atoms with Gasteiger partial charge in [0.25, 0.3) is 0 Å². The maximum atomic E-state index is 14.2. The standard InChI is InChI=1S/C32H39Cl2N3O4S/c1-22(2)35-31(39)29(19-23-11-8-7-9-12-23)36(20-26-27(33)13-10-14-28(26)34)30(38)21-37(42(6,40)41)25-17-15-24(16-18-25)32(3,4)5/h7-18,22,29H,19-21H2,1-6H3,(H,35,39)/t29-/m1/s1. The number of carbonyl (C=O) groups is 2. The third-order valence-corrected chi connectivity index (χ3v) is 8.64. The molecule has 0 unspecified atom stereocenters. The van der Waals surface area contributed by atoms with E-state index in [1.165, 1.54) is 4.90 Å². The number of benzene rings is 3. The lowest BCUT2D eigenvalue weighted by Gasteiger charge is -2.34. The lowest BCUT2D eigenvalue weighted by molar-refractivity contribution is -0.140. The third kappa shape index (κ3) is 8.96. The maximum Gasteiger partial charge on any atom is 0.244 e. The van der Waals surface area contributed by atoms with Gasteiger partial charge in [-0.3, -0.25) is 13.9 Å². The lowest BCUT2D eigenvalue weighted by atomic mass is 9.87. The number of anilines is 1. The number of hydrogen-bond donors (Lipinski definition) is 1. The van der Waals surface area contributed by atoms with E-state index in [9.17, 15) is 18.0 Å². The summed E-state index contributed by atoms with van der Waals surface area (Å²) >= 11 is 13.0. The van der Waals surface area contributed by atoms with Gasteiger partial charge in [-0.25, -0.2) is 8.42 Å². The van der Waals surface area contributed by atoms with E-state index in [2.05, 4.69) is 26.1 Å². The van der Waals surface area contributed by atoms with Crippen LogP contribution in [0.1, 0.15) is 51.3 Å². The molecule has 3 rings (SSSR count). The van der Waals surface area contributed by atoms with Crippen LogP contribution in [-0.4, -0.2) is 50.0 Å². The van der Waals surface area contributed by atoms with Gasteiger partial charge in [-0.1, -0.05) is 92.5 Å². The molecule has 10 heteroatoms. The van der Waals surface area contributed by atoms with Crippen molar-refractivity contribution in [2.24, 2.45) is 0 Å². The summed E-state index contributed by atoms with van der Waals surface area (Å²) in [5.41, 5.74) is 2.53. The molecule has 7 nitrogen and oxygen atoms in total. The molecule has 0 bridgehead atoms. The Morgan fingerprint density at radius 1 is 0.881 bits per heavy atom. The zero-order chi connectivity index (χ0) is 31.2. The molecule has 0 aliphatic rings. The van der Waals surface area contributed by atoms with Crippen LogP contribution in [0.15, 0.2) is 72.8 Å². The predicted octanol–water partition coefficient (Wildman–Crippen LogP) is 6.22. The van der Waals surface area contributed by atoms with Gasteiger partial charge < -0.3 is 10.2 Å². The molecule has 0 aromatic heterocycles. The Labute approximate surface area is 259 Å². The topological polar surface area (TPSA) is 86.8 Å². The fourth-order valence-electron chi connectivity index (χ4n) is 4.53. The lowest BCUT2D eigenvalue weighted by Crippen LogP contribution is -2.54. The van der Waals surface area contributed by atoms with Crippen molar-refractivity contribution in [2.45, 2.75) is 65.1 Å². The number of halogens is 2. The fourth-order valence-corrected chi connectivity index (χ4v) is 5.90. The van der Waals surface area contributed by atoms with E-state index in [1.54, 1.807) is 30.3 Å². The quantitative estimate of drug-likeness (QED) is 0.272. The van der Waals surface area contributed by atoms with E-state index in [0.29, 0.717) is 21.3 Å². The average Bonchev–Trinajstić information content (AvgIpc) is 2.89. The minimum atomic E-state index is -3.87. The van der Waals surface area contributed by atoms with Gasteiger partial charge in [0, 0.05) is 34.6 Å². The van der Waals surface area contributed by atoms with Crippen molar-refractivity contribution < 1.29 is 18.0 Å². The monoisotopic (exact) mass is 631 g/mol. The van der Waals surface area contributed by atoms with Crippen molar-refractivity contribution in [2.75, 3.05) is 17.1 Å². The summed E-state index contributed by atoms with van der Waals surface area (Å²) < 4.78 is 27.1. The largest absolute Gasteiger partial charge is 0.352 e. The summed E-state index contributed by atoms with van der Waals surface area (Å²) in [5.74, 6) is -0.943. The molecule has 0 saturated carbocycles. The smallest absolute Gasteiger partial charge is 0.244 e. The van der Waals surface area contributed by atoms with Crippen molar-refractivity contribution in [1.82, 2.24) is 10.2 Å². The highest BCUT2D eigenvalue weighted by atomic mass is 35.5. The van der Waals surface area contributed by atoms with Crippen LogP contribution in [0.3, 0.4) is 0 Å². The number of carbonyl (C=O) groups excluding carboxylic acids is 2. The summed E-state index contributed by atoms with van der Waals surface area (Å²) in [5, 5.41) is 3.59. The first-order valence-corrected chi connectivity index (χ1v) is 16.3. The summed E-state index contributed by atoms with van der Waals surface area (Å²) in [4.78, 5) is 29.2. The van der Waals surface area contributed by atoms with Crippen LogP contribution in [0.25, 0.3) is 0 Å². The van der Waals surface area contributed by atoms with Crippen LogP contribution in [0.2, 0.25) is 10.0 Å². The first kappa shape index (κ1) is 33.4. The molecule has 1 N–H and O–H groups in total. The van der Waals surface area contributed by atoms with Crippen LogP contribution in [0.5, 0.6) is 0 Å². The zero-order valence-electron chi connectivity index (χ0n) is 24.9. The molecule has 0 aliphatic carbocycles. The maximum absolute atomic E-state index is 14.2. The van der Waals surface area contributed by atoms with Crippen molar-refractivity contribution in [1.29, 1.82) is 0 Å². The molecule has 0 aliphatic heterocycles. The van der Waals surface area contributed by atoms with E-state index in [-0.39, 0.29) is 30.3 Å². The summed E-state index contributed by atoms with van der Waals surface area (Å²) in [7, 11) is -3.87. The first-order chi connectivity index (χ1) is 19.6. The summed E-state index contributed by atoms with van der Waals surface area (Å²) in [6, 6.07) is 20.3. The van der Waals surface area contributed by atoms with E-state index in [4.69, 9.17) is 23.2 Å². The van der Waals surface area contributed by atoms with Gasteiger partial charge in [-0.2, -0.15) is 0 Å². The van der Waals surface area contributed by atoms with Gasteiger partial charge in [0.2, 0.25) is 21.8 Å². The Hall–Kier alpha value is -3.07. The predicted molar refractivity (Wildman–Crippen MR) is 172 cm³/mol. The van der Waals surface area contributed by atoms with Crippen molar-refractivity contribution in [3.63, 3.8) is 0 Å². The van der Waals surface area contributed by atoms with Gasteiger partial charge in [0.15, 0.2) is 0 Å². The van der Waals surface area contributed by atoms with Crippen molar-refractivity contribution in [3.8, 4) is 0 Å². The molecule has 0 radical (unpaired) electrons. The van der Waals surface area contributed by atoms with Gasteiger partial charge in [-0.15, -0.1) is 0 Å². The van der Waals surface area contributed by atoms with E-state index < -0.39 is 28.5 Å². The molecule has 1 atom stereocenters. The Morgan fingerprint density at radius 2 is 1.45 bits per heavy atom. The molecule has 3 aromatic carbocycles. The van der Waals surface area contributed by atoms with Crippen LogP contribution < -0.4 is 9.62 Å². The van der Waals surface area contributed by atoms with Crippen LogP contribution in [-0.2, 0) is 38.0 Å². The number of nitrogens with zero attached hydrogens (tertiary/aromatic N) is 2. The average molecular weight is 633 g/mol. The highest BCUT2D eigenvalue weighted by Gasteiger charge is 2.34. The molecular weight excluding hydrogens is 593 g/mol. The normalized spacial score (nSPS) is 12.6. The number of hydrogen-bond acceptors (Lipinski definition) is 4. The Morgan fingerprint density at radius 3 is 1.95 bits per heavy atom. The van der Waals surface area contributed by atoms with E-state index in [0.717, 1.165) is 21.7 Å². The Bertz CT molecular complexity index is 1470. The van der Waals surface area contributed by atoms with Gasteiger partial charge in [0.05, 0.1) is 11.9 Å². The SMILES string of the molecule is CC(C)NC(=O)[C@@H](Cc1ccccc1)N(Cc1c(Cl)cccc1Cl)C(=O)CN(c1ccc(C(C)(C)C)cc1)S(C)(=O)=O. The second-order valence-corrected chi connectivity index (χ2v) is 14.4. The second kappa shape index (κ2) is 13.9. The summed E-state index contributed by atoms with van der Waals surface area (Å²) in [6.45, 7) is 9.24. The molecule has 226 valence electrons. The number of sulfonamides is 1. The van der Waals surface area contributed by atoms with Gasteiger partial charge in [-0.05, 0) is 54.7 Å². The van der Waals surface area contributed by atoms with Crippen molar-refractivity contribution in [3.05, 3.63) is 99.5 Å². The highest BCUT2D eigenvalue weighted by Crippen LogP contribution is 2.29. The van der Waals surface area contributed by atoms with E-state index in [1.807, 2.05) is 56.3 Å². The zero-order valence-corrected chi connectivity index (χ0v) is 27.2. The molecule has 0 spiro atoms. The molecule has 0 saturated heterocycles. The molecule has 42 heavy (non-hydrogen) atoms. The van der Waals surface area contributed by atoms with Crippen LogP contribution in [0.4, 0.5) is 5.69 Å². The molecule has 3 aromatic rings. The third-order valence-electron chi connectivity index (χ3n) is 6.79. The minimum absolute atomic E-state index is 0.0963. The highest BCUT2D eigenvalue weighted by molar-refractivity contribution is 7.92. The van der Waals surface area contributed by atoms with E-state index >= 15 is 0 Å². The van der Waals surface area contributed by atoms with Gasteiger partial charge in [0.1, 0.15) is 12.6 Å². The van der Waals surface area contributed by atoms with Crippen molar-refractivity contribution >= 4 is 50.7 Å². The number of nitrogens with one attached hydrogen (secondary N) is 1. The molecule has 0 fully saturated rings. The first-order valence-electron chi connectivity index (χ1n) is 13.7. The van der Waals surface area contributed by atoms with Gasteiger partial charge >= 0.3 is 0 Å². The minimum Gasteiger partial charge on any atom is -0.352 e. The number of amides is 2.